The van der Waals surface area contributed by atoms with Gasteiger partial charge >= 0.3 is 0 Å². The number of benzene rings is 3. The molecule has 0 radical (unpaired) electrons. The zero-order valence-electron chi connectivity index (χ0n) is 23.8. The molecule has 2 aromatic heterocycles. The van der Waals surface area contributed by atoms with Gasteiger partial charge in [0.25, 0.3) is 0 Å². The maximum Gasteiger partial charge on any atom is 0.118 e. The molecule has 0 aliphatic carbocycles. The van der Waals surface area contributed by atoms with Crippen LogP contribution in [-0.4, -0.2) is 36.1 Å². The van der Waals surface area contributed by atoms with Crippen LogP contribution in [-0.2, 0) is 30.7 Å². The van der Waals surface area contributed by atoms with E-state index in [0.717, 1.165) is 47.7 Å². The Morgan fingerprint density at radius 2 is 1.56 bits per heavy atom. The number of para-hydroxylation sites is 1. The van der Waals surface area contributed by atoms with Gasteiger partial charge in [0.05, 0.1) is 33.5 Å². The van der Waals surface area contributed by atoms with Crippen molar-refractivity contribution in [3.8, 4) is 11.5 Å². The molecule has 0 saturated heterocycles. The molecule has 208 valence electrons. The van der Waals surface area contributed by atoms with Crippen molar-refractivity contribution in [1.29, 1.82) is 0 Å². The minimum atomic E-state index is 0.00661. The highest BCUT2D eigenvalue weighted by Gasteiger charge is 2.28. The summed E-state index contributed by atoms with van der Waals surface area (Å²) in [6.07, 6.45) is 5.46. The molecule has 6 nitrogen and oxygen atoms in total. The van der Waals surface area contributed by atoms with Gasteiger partial charge in [-0.05, 0) is 72.0 Å². The summed E-state index contributed by atoms with van der Waals surface area (Å²) in [4.78, 5) is 9.61. The van der Waals surface area contributed by atoms with E-state index in [9.17, 15) is 0 Å². The summed E-state index contributed by atoms with van der Waals surface area (Å²) in [5.74, 6) is 1.71. The van der Waals surface area contributed by atoms with Crippen molar-refractivity contribution < 1.29 is 14.2 Å². The first-order valence-electron chi connectivity index (χ1n) is 14.1. The fraction of sp³-hybridized carbons (Fsp3) is 0.257. The number of rotatable bonds is 10. The number of fused-ring (bicyclic) bond motifs is 2. The molecule has 0 unspecified atom stereocenters. The van der Waals surface area contributed by atoms with E-state index in [2.05, 4.69) is 71.1 Å². The van der Waals surface area contributed by atoms with Crippen LogP contribution >= 0.6 is 0 Å². The number of hydrogen-bond donors (Lipinski definition) is 0. The Hall–Kier alpha value is -4.42. The van der Waals surface area contributed by atoms with Gasteiger partial charge in [0.1, 0.15) is 11.5 Å². The predicted molar refractivity (Wildman–Crippen MR) is 163 cm³/mol. The van der Waals surface area contributed by atoms with Gasteiger partial charge in [-0.15, -0.1) is 0 Å². The van der Waals surface area contributed by atoms with E-state index in [1.807, 2.05) is 36.7 Å². The summed E-state index contributed by atoms with van der Waals surface area (Å²) >= 11 is 0. The Kier molecular flexibility index (Phi) is 7.83. The van der Waals surface area contributed by atoms with Gasteiger partial charge in [-0.1, -0.05) is 42.5 Å². The highest BCUT2D eigenvalue weighted by Crippen LogP contribution is 2.38. The van der Waals surface area contributed by atoms with Crippen LogP contribution in [0.25, 0.3) is 10.9 Å². The van der Waals surface area contributed by atoms with E-state index in [1.165, 1.54) is 33.3 Å². The highest BCUT2D eigenvalue weighted by molar-refractivity contribution is 6.00. The van der Waals surface area contributed by atoms with Crippen LogP contribution in [0.4, 0.5) is 0 Å². The molecule has 6 heteroatoms. The summed E-state index contributed by atoms with van der Waals surface area (Å²) in [6, 6.07) is 27.2. The number of pyridine rings is 1. The fourth-order valence-corrected chi connectivity index (χ4v) is 5.85. The number of aliphatic imine (C=N–C) groups is 1. The van der Waals surface area contributed by atoms with Crippen LogP contribution < -0.4 is 9.47 Å². The van der Waals surface area contributed by atoms with Crippen molar-refractivity contribution in [2.24, 2.45) is 4.99 Å². The van der Waals surface area contributed by atoms with E-state index < -0.39 is 0 Å². The first kappa shape index (κ1) is 26.8. The molecule has 1 aliphatic heterocycles. The van der Waals surface area contributed by atoms with E-state index in [4.69, 9.17) is 19.2 Å². The van der Waals surface area contributed by atoms with Crippen LogP contribution in [0.5, 0.6) is 11.5 Å². The monoisotopic (exact) mass is 545 g/mol. The molecule has 1 atom stereocenters. The molecule has 6 rings (SSSR count). The second-order valence-corrected chi connectivity index (χ2v) is 10.4. The van der Waals surface area contributed by atoms with Gasteiger partial charge in [0.2, 0.25) is 0 Å². The van der Waals surface area contributed by atoms with E-state index in [-0.39, 0.29) is 6.04 Å². The normalized spacial score (nSPS) is 14.5. The summed E-state index contributed by atoms with van der Waals surface area (Å²) in [7, 11) is 3.38. The Balaban J connectivity index is 1.36. The largest absolute Gasteiger partial charge is 0.497 e. The molecule has 0 saturated carbocycles. The second-order valence-electron chi connectivity index (χ2n) is 10.4. The van der Waals surface area contributed by atoms with Crippen molar-refractivity contribution in [2.45, 2.75) is 39.0 Å². The number of hydrogen-bond acceptors (Lipinski definition) is 5. The SMILES string of the molecule is COc1ccc(COCCc2c([C@@H]3Cc4ccncc4C(C)=N3)n(Cc3ccc(OC)cc3)c3ccccc23)cc1. The molecule has 41 heavy (non-hydrogen) atoms. The van der Waals surface area contributed by atoms with Crippen LogP contribution in [0.1, 0.15) is 46.5 Å². The number of nitrogens with zero attached hydrogens (tertiary/aromatic N) is 3. The lowest BCUT2D eigenvalue weighted by Gasteiger charge is -2.25. The van der Waals surface area contributed by atoms with Crippen LogP contribution in [0.15, 0.2) is 96.2 Å². The van der Waals surface area contributed by atoms with Crippen molar-refractivity contribution in [2.75, 3.05) is 20.8 Å². The minimum absolute atomic E-state index is 0.00661. The minimum Gasteiger partial charge on any atom is -0.497 e. The molecule has 1 aliphatic rings. The number of aromatic nitrogens is 2. The zero-order valence-corrected chi connectivity index (χ0v) is 23.8. The van der Waals surface area contributed by atoms with E-state index in [1.54, 1.807) is 14.2 Å². The number of ether oxygens (including phenoxy) is 3. The van der Waals surface area contributed by atoms with Crippen LogP contribution in [0, 0.1) is 0 Å². The lowest BCUT2D eigenvalue weighted by molar-refractivity contribution is 0.124. The van der Waals surface area contributed by atoms with Crippen molar-refractivity contribution in [1.82, 2.24) is 9.55 Å². The van der Waals surface area contributed by atoms with Gasteiger partial charge in [-0.3, -0.25) is 9.98 Å². The van der Waals surface area contributed by atoms with Gasteiger partial charge in [-0.2, -0.15) is 0 Å². The maximum absolute atomic E-state index is 6.21. The average molecular weight is 546 g/mol. The van der Waals surface area contributed by atoms with Crippen molar-refractivity contribution in [3.63, 3.8) is 0 Å². The predicted octanol–water partition coefficient (Wildman–Crippen LogP) is 6.97. The Morgan fingerprint density at radius 1 is 0.854 bits per heavy atom. The molecule has 0 amide bonds. The summed E-state index contributed by atoms with van der Waals surface area (Å²) in [5.41, 5.74) is 9.61. The molecule has 3 heterocycles. The van der Waals surface area contributed by atoms with E-state index in [0.29, 0.717) is 13.2 Å². The quantitative estimate of drug-likeness (QED) is 0.178. The smallest absolute Gasteiger partial charge is 0.118 e. The second kappa shape index (κ2) is 12.0. The third-order valence-electron chi connectivity index (χ3n) is 7.92. The Labute approximate surface area is 241 Å². The highest BCUT2D eigenvalue weighted by atomic mass is 16.5. The van der Waals surface area contributed by atoms with Gasteiger partial charge < -0.3 is 18.8 Å². The first-order valence-corrected chi connectivity index (χ1v) is 14.1. The molecular weight excluding hydrogens is 510 g/mol. The third-order valence-corrected chi connectivity index (χ3v) is 7.92. The van der Waals surface area contributed by atoms with Gasteiger partial charge in [0, 0.05) is 53.2 Å². The lowest BCUT2D eigenvalue weighted by atomic mass is 9.92. The van der Waals surface area contributed by atoms with Crippen molar-refractivity contribution >= 4 is 16.6 Å². The van der Waals surface area contributed by atoms with Gasteiger partial charge in [-0.25, -0.2) is 0 Å². The number of methoxy groups -OCH3 is 2. The summed E-state index contributed by atoms with van der Waals surface area (Å²) in [6.45, 7) is 4.03. The zero-order chi connectivity index (χ0) is 28.2. The standard InChI is InChI=1S/C35H35N3O3/c1-24-32-21-36-18-16-27(32)20-33(37-24)35-31(17-19-41-23-26-10-14-29(40-3)15-11-26)30-6-4-5-7-34(30)38(35)22-25-8-12-28(39-2)13-9-25/h4-16,18,21,33H,17,19-20,22-23H2,1-3H3/t33-/m0/s1. The average Bonchev–Trinajstić information content (AvgIpc) is 3.32. The topological polar surface area (TPSA) is 57.9 Å². The van der Waals surface area contributed by atoms with Crippen LogP contribution in [0.2, 0.25) is 0 Å². The molecule has 0 bridgehead atoms. The van der Waals surface area contributed by atoms with Gasteiger partial charge in [0.15, 0.2) is 0 Å². The molecule has 0 fully saturated rings. The summed E-state index contributed by atoms with van der Waals surface area (Å²) in [5, 5.41) is 1.26. The molecule has 3 aromatic carbocycles. The lowest BCUT2D eigenvalue weighted by Crippen LogP contribution is -2.19. The molecule has 0 N–H and O–H groups in total. The Morgan fingerprint density at radius 3 is 2.29 bits per heavy atom. The molecule has 5 aromatic rings. The fourth-order valence-electron chi connectivity index (χ4n) is 5.85. The molecular formula is C35H35N3O3. The van der Waals surface area contributed by atoms with E-state index >= 15 is 0 Å². The first-order chi connectivity index (χ1) is 20.1. The van der Waals surface area contributed by atoms with Crippen LogP contribution in [0.3, 0.4) is 0 Å². The molecule has 0 spiro atoms. The maximum atomic E-state index is 6.21. The van der Waals surface area contributed by atoms with Crippen molar-refractivity contribution in [3.05, 3.63) is 125 Å². The summed E-state index contributed by atoms with van der Waals surface area (Å²) < 4.78 is 19.4. The Bertz CT molecular complexity index is 1670. The third kappa shape index (κ3) is 5.61.